The Balaban J connectivity index is 1.55. The molecule has 3 rings (SSSR count). The first-order valence-corrected chi connectivity index (χ1v) is 9.09. The molecule has 1 heterocycles. The van der Waals surface area contributed by atoms with Gasteiger partial charge in [0, 0.05) is 12.2 Å². The largest absolute Gasteiger partial charge is 0.457 e. The smallest absolute Gasteiger partial charge is 0.274 e. The summed E-state index contributed by atoms with van der Waals surface area (Å²) in [6.45, 7) is 3.05. The molecule has 2 N–H and O–H groups in total. The molecule has 0 unspecified atom stereocenters. The van der Waals surface area contributed by atoms with Gasteiger partial charge in [0.1, 0.15) is 17.2 Å². The van der Waals surface area contributed by atoms with Gasteiger partial charge in [-0.3, -0.25) is 4.79 Å². The van der Waals surface area contributed by atoms with Gasteiger partial charge in [0.2, 0.25) is 0 Å². The highest BCUT2D eigenvalue weighted by Crippen LogP contribution is 2.22. The Morgan fingerprint density at radius 2 is 1.63 bits per heavy atom. The SMILES string of the molecule is CCCCNc1ccc(C(=O)Nc2ccc(Oc3ccccc3)cc2)nc1. The average molecular weight is 361 g/mol. The number of nitrogens with one attached hydrogen (secondary N) is 2. The summed E-state index contributed by atoms with van der Waals surface area (Å²) in [5.74, 6) is 1.23. The van der Waals surface area contributed by atoms with E-state index >= 15 is 0 Å². The number of ether oxygens (including phenoxy) is 1. The number of anilines is 2. The molecule has 0 aliphatic heterocycles. The van der Waals surface area contributed by atoms with Crippen LogP contribution in [0.25, 0.3) is 0 Å². The molecule has 1 aromatic heterocycles. The van der Waals surface area contributed by atoms with Crippen LogP contribution in [0.3, 0.4) is 0 Å². The summed E-state index contributed by atoms with van der Waals surface area (Å²) in [5, 5.41) is 6.12. The number of para-hydroxylation sites is 1. The molecule has 138 valence electrons. The zero-order valence-electron chi connectivity index (χ0n) is 15.3. The van der Waals surface area contributed by atoms with Gasteiger partial charge in [-0.2, -0.15) is 0 Å². The van der Waals surface area contributed by atoms with Gasteiger partial charge in [-0.25, -0.2) is 4.98 Å². The number of benzene rings is 2. The highest BCUT2D eigenvalue weighted by atomic mass is 16.5. The molecule has 0 atom stereocenters. The number of amides is 1. The maximum Gasteiger partial charge on any atom is 0.274 e. The number of nitrogens with zero attached hydrogens (tertiary/aromatic N) is 1. The van der Waals surface area contributed by atoms with Crippen molar-refractivity contribution >= 4 is 17.3 Å². The Kier molecular flexibility index (Phi) is 6.41. The van der Waals surface area contributed by atoms with E-state index in [1.54, 1.807) is 24.4 Å². The van der Waals surface area contributed by atoms with Crippen LogP contribution in [0.15, 0.2) is 72.9 Å². The molecule has 1 amide bonds. The van der Waals surface area contributed by atoms with Crippen LogP contribution in [-0.4, -0.2) is 17.4 Å². The molecule has 0 fully saturated rings. The predicted molar refractivity (Wildman–Crippen MR) is 109 cm³/mol. The Hall–Kier alpha value is -3.34. The van der Waals surface area contributed by atoms with Crippen molar-refractivity contribution in [1.82, 2.24) is 4.98 Å². The number of carbonyl (C=O) groups is 1. The zero-order chi connectivity index (χ0) is 18.9. The van der Waals surface area contributed by atoms with Crippen LogP contribution >= 0.6 is 0 Å². The molecule has 5 heteroatoms. The lowest BCUT2D eigenvalue weighted by molar-refractivity contribution is 0.102. The van der Waals surface area contributed by atoms with Crippen molar-refractivity contribution in [2.24, 2.45) is 0 Å². The fraction of sp³-hybridized carbons (Fsp3) is 0.182. The molecule has 5 nitrogen and oxygen atoms in total. The summed E-state index contributed by atoms with van der Waals surface area (Å²) in [4.78, 5) is 16.6. The van der Waals surface area contributed by atoms with Crippen molar-refractivity contribution in [3.63, 3.8) is 0 Å². The minimum atomic E-state index is -0.244. The quantitative estimate of drug-likeness (QED) is 0.532. The van der Waals surface area contributed by atoms with Gasteiger partial charge >= 0.3 is 0 Å². The first-order chi connectivity index (χ1) is 13.2. The third-order valence-electron chi connectivity index (χ3n) is 3.95. The Labute approximate surface area is 159 Å². The molecule has 0 saturated heterocycles. The monoisotopic (exact) mass is 361 g/mol. The Bertz CT molecular complexity index is 847. The number of unbranched alkanes of at least 4 members (excludes halogenated alkanes) is 1. The van der Waals surface area contributed by atoms with Crippen LogP contribution in [-0.2, 0) is 0 Å². The van der Waals surface area contributed by atoms with E-state index in [-0.39, 0.29) is 5.91 Å². The van der Waals surface area contributed by atoms with Gasteiger partial charge < -0.3 is 15.4 Å². The molecule has 0 bridgehead atoms. The normalized spacial score (nSPS) is 10.3. The Morgan fingerprint density at radius 1 is 0.926 bits per heavy atom. The standard InChI is InChI=1S/C22H23N3O2/c1-2-3-15-23-18-11-14-21(24-16-18)22(26)25-17-9-12-20(13-10-17)27-19-7-5-4-6-8-19/h4-14,16,23H,2-3,15H2,1H3,(H,25,26). The third-order valence-corrected chi connectivity index (χ3v) is 3.95. The van der Waals surface area contributed by atoms with Crippen LogP contribution in [0, 0.1) is 0 Å². The van der Waals surface area contributed by atoms with Crippen molar-refractivity contribution in [2.45, 2.75) is 19.8 Å². The van der Waals surface area contributed by atoms with Gasteiger partial charge in [0.25, 0.3) is 5.91 Å². The van der Waals surface area contributed by atoms with Crippen LogP contribution in [0.5, 0.6) is 11.5 Å². The van der Waals surface area contributed by atoms with Crippen molar-refractivity contribution < 1.29 is 9.53 Å². The first-order valence-electron chi connectivity index (χ1n) is 9.09. The van der Waals surface area contributed by atoms with Gasteiger partial charge in [0.15, 0.2) is 0 Å². The second kappa shape index (κ2) is 9.38. The first kappa shape index (κ1) is 18.5. The number of rotatable bonds is 8. The summed E-state index contributed by atoms with van der Waals surface area (Å²) < 4.78 is 5.74. The lowest BCUT2D eigenvalue weighted by Gasteiger charge is -2.09. The van der Waals surface area contributed by atoms with Crippen molar-refractivity contribution in [2.75, 3.05) is 17.2 Å². The molecule has 0 saturated carbocycles. The van der Waals surface area contributed by atoms with Gasteiger partial charge in [-0.1, -0.05) is 31.5 Å². The van der Waals surface area contributed by atoms with E-state index in [1.807, 2.05) is 48.5 Å². The summed E-state index contributed by atoms with van der Waals surface area (Å²) in [6, 6.07) is 20.4. The molecule has 27 heavy (non-hydrogen) atoms. The minimum absolute atomic E-state index is 0.244. The van der Waals surface area contributed by atoms with Gasteiger partial charge in [-0.05, 0) is 55.0 Å². The maximum absolute atomic E-state index is 12.3. The maximum atomic E-state index is 12.3. The fourth-order valence-corrected chi connectivity index (χ4v) is 2.47. The van der Waals surface area contributed by atoms with E-state index in [9.17, 15) is 4.79 Å². The van der Waals surface area contributed by atoms with Crippen molar-refractivity contribution in [1.29, 1.82) is 0 Å². The topological polar surface area (TPSA) is 63.2 Å². The van der Waals surface area contributed by atoms with E-state index in [1.165, 1.54) is 0 Å². The molecule has 2 aromatic carbocycles. The van der Waals surface area contributed by atoms with Gasteiger partial charge in [-0.15, -0.1) is 0 Å². The van der Waals surface area contributed by atoms with Gasteiger partial charge in [0.05, 0.1) is 11.9 Å². The predicted octanol–water partition coefficient (Wildman–Crippen LogP) is 5.34. The average Bonchev–Trinajstić information content (AvgIpc) is 2.71. The second-order valence-corrected chi connectivity index (χ2v) is 6.11. The number of hydrogen-bond donors (Lipinski definition) is 2. The Morgan fingerprint density at radius 3 is 2.30 bits per heavy atom. The molecule has 0 spiro atoms. The molecule has 3 aromatic rings. The van der Waals surface area contributed by atoms with Crippen molar-refractivity contribution in [3.05, 3.63) is 78.6 Å². The minimum Gasteiger partial charge on any atom is -0.457 e. The van der Waals surface area contributed by atoms with E-state index in [0.717, 1.165) is 30.8 Å². The lowest BCUT2D eigenvalue weighted by atomic mass is 10.2. The van der Waals surface area contributed by atoms with Crippen LogP contribution < -0.4 is 15.4 Å². The van der Waals surface area contributed by atoms with E-state index in [4.69, 9.17) is 4.74 Å². The molecule has 0 radical (unpaired) electrons. The fourth-order valence-electron chi connectivity index (χ4n) is 2.47. The summed E-state index contributed by atoms with van der Waals surface area (Å²) >= 11 is 0. The molecular weight excluding hydrogens is 338 g/mol. The van der Waals surface area contributed by atoms with E-state index in [2.05, 4.69) is 22.5 Å². The second-order valence-electron chi connectivity index (χ2n) is 6.11. The summed E-state index contributed by atoms with van der Waals surface area (Å²) in [7, 11) is 0. The van der Waals surface area contributed by atoms with Crippen LogP contribution in [0.2, 0.25) is 0 Å². The lowest BCUT2D eigenvalue weighted by Crippen LogP contribution is -2.13. The molecular formula is C22H23N3O2. The van der Waals surface area contributed by atoms with Crippen LogP contribution in [0.1, 0.15) is 30.3 Å². The summed E-state index contributed by atoms with van der Waals surface area (Å²) in [5.41, 5.74) is 1.98. The number of pyridine rings is 1. The van der Waals surface area contributed by atoms with Crippen molar-refractivity contribution in [3.8, 4) is 11.5 Å². The number of carbonyl (C=O) groups excluding carboxylic acids is 1. The molecule has 0 aliphatic rings. The van der Waals surface area contributed by atoms with E-state index in [0.29, 0.717) is 17.1 Å². The number of hydrogen-bond acceptors (Lipinski definition) is 4. The highest BCUT2D eigenvalue weighted by Gasteiger charge is 2.08. The third kappa shape index (κ3) is 5.57. The summed E-state index contributed by atoms with van der Waals surface area (Å²) in [6.07, 6.45) is 3.92. The van der Waals surface area contributed by atoms with E-state index < -0.39 is 0 Å². The van der Waals surface area contributed by atoms with Crippen LogP contribution in [0.4, 0.5) is 11.4 Å². The number of aromatic nitrogens is 1. The highest BCUT2D eigenvalue weighted by molar-refractivity contribution is 6.02. The zero-order valence-corrected chi connectivity index (χ0v) is 15.3. The molecule has 0 aliphatic carbocycles.